The number of rotatable bonds is 4. The molecule has 0 aromatic carbocycles. The minimum absolute atomic E-state index is 0.0914. The topological polar surface area (TPSA) is 52.3 Å². The number of ether oxygens (including phenoxy) is 1. The zero-order valence-electron chi connectivity index (χ0n) is 8.45. The zero-order valence-corrected chi connectivity index (χ0v) is 9.26. The number of nitrogens with two attached hydrogens (primary N) is 1. The lowest BCUT2D eigenvalue weighted by atomic mass is 9.96. The van der Waals surface area contributed by atoms with Gasteiger partial charge < -0.3 is 10.5 Å². The maximum Gasteiger partial charge on any atom is 0.306 e. The van der Waals surface area contributed by atoms with E-state index in [1.165, 1.54) is 18.2 Å². The summed E-state index contributed by atoms with van der Waals surface area (Å²) in [6.07, 6.45) is 0.366. The number of carbonyl (C=O) groups is 1. The number of carbonyl (C=O) groups excluding carboxylic acids is 1. The van der Waals surface area contributed by atoms with Crippen LogP contribution < -0.4 is 5.73 Å². The second kappa shape index (κ2) is 5.12. The van der Waals surface area contributed by atoms with Crippen LogP contribution in [-0.2, 0) is 9.53 Å². The van der Waals surface area contributed by atoms with Gasteiger partial charge >= 0.3 is 5.97 Å². The van der Waals surface area contributed by atoms with E-state index in [2.05, 4.69) is 15.5 Å². The Morgan fingerprint density at radius 2 is 2.36 bits per heavy atom. The van der Waals surface area contributed by atoms with Gasteiger partial charge in [0.1, 0.15) is 0 Å². The van der Waals surface area contributed by atoms with E-state index in [1.54, 1.807) is 11.3 Å². The molecule has 2 N–H and O–H groups in total. The molecule has 4 heteroatoms. The van der Waals surface area contributed by atoms with Gasteiger partial charge in [-0.2, -0.15) is 11.3 Å². The molecule has 1 aromatic rings. The molecule has 0 amide bonds. The second-order valence-corrected chi connectivity index (χ2v) is 3.97. The van der Waals surface area contributed by atoms with Crippen molar-refractivity contribution >= 4 is 17.3 Å². The molecule has 1 heterocycles. The van der Waals surface area contributed by atoms with Gasteiger partial charge in [0.25, 0.3) is 0 Å². The van der Waals surface area contributed by atoms with Gasteiger partial charge in [0.15, 0.2) is 0 Å². The Balaban J connectivity index is 2.72. The molecular weight excluding hydrogens is 198 g/mol. The molecule has 0 saturated carbocycles. The molecule has 78 valence electrons. The molecule has 0 aliphatic carbocycles. The molecule has 0 bridgehead atoms. The zero-order chi connectivity index (χ0) is 10.6. The average molecular weight is 213 g/mol. The van der Waals surface area contributed by atoms with Crippen LogP contribution in [0.15, 0.2) is 10.8 Å². The summed E-state index contributed by atoms with van der Waals surface area (Å²) >= 11 is 1.64. The van der Waals surface area contributed by atoms with Gasteiger partial charge in [0.2, 0.25) is 0 Å². The third-order valence-corrected chi connectivity index (χ3v) is 3.14. The first-order valence-electron chi connectivity index (χ1n) is 4.48. The molecule has 1 atom stereocenters. The molecular formula is C10H15NO2S. The summed E-state index contributed by atoms with van der Waals surface area (Å²) in [6, 6.07) is 0. The van der Waals surface area contributed by atoms with Gasteiger partial charge in [-0.1, -0.05) is 0 Å². The maximum absolute atomic E-state index is 11.1. The Kier molecular flexibility index (Phi) is 4.10. The summed E-state index contributed by atoms with van der Waals surface area (Å²) in [4.78, 5) is 11.1. The van der Waals surface area contributed by atoms with Crippen molar-refractivity contribution in [3.05, 3.63) is 21.9 Å². The Bertz CT molecular complexity index is 309. The van der Waals surface area contributed by atoms with Gasteiger partial charge in [0, 0.05) is 5.92 Å². The van der Waals surface area contributed by atoms with Crippen LogP contribution in [0.3, 0.4) is 0 Å². The van der Waals surface area contributed by atoms with Crippen molar-refractivity contribution in [1.82, 2.24) is 0 Å². The van der Waals surface area contributed by atoms with Crippen LogP contribution in [-0.4, -0.2) is 19.6 Å². The summed E-state index contributed by atoms with van der Waals surface area (Å²) in [5.41, 5.74) is 8.01. The molecule has 0 aliphatic rings. The van der Waals surface area contributed by atoms with Crippen molar-refractivity contribution in [2.75, 3.05) is 13.7 Å². The quantitative estimate of drug-likeness (QED) is 0.774. The van der Waals surface area contributed by atoms with Crippen molar-refractivity contribution in [2.24, 2.45) is 5.73 Å². The van der Waals surface area contributed by atoms with Crippen LogP contribution in [0, 0.1) is 6.92 Å². The maximum atomic E-state index is 11.1. The molecule has 1 unspecified atom stereocenters. The molecule has 1 aromatic heterocycles. The van der Waals surface area contributed by atoms with Crippen molar-refractivity contribution in [3.8, 4) is 0 Å². The first-order valence-corrected chi connectivity index (χ1v) is 5.43. The molecule has 1 rings (SSSR count). The molecule has 0 aliphatic heterocycles. The highest BCUT2D eigenvalue weighted by atomic mass is 32.1. The standard InChI is InChI=1S/C10H15NO2S/c1-7-5-14-6-9(7)8(4-11)3-10(12)13-2/h5-6,8H,3-4,11H2,1-2H3. The number of methoxy groups -OCH3 is 1. The molecule has 3 nitrogen and oxygen atoms in total. The van der Waals surface area contributed by atoms with Crippen molar-refractivity contribution < 1.29 is 9.53 Å². The first kappa shape index (κ1) is 11.2. The fourth-order valence-electron chi connectivity index (χ4n) is 1.39. The average Bonchev–Trinajstić information content (AvgIpc) is 2.60. The number of aryl methyl sites for hydroxylation is 1. The van der Waals surface area contributed by atoms with E-state index >= 15 is 0 Å². The minimum Gasteiger partial charge on any atom is -0.469 e. The number of thiophene rings is 1. The highest BCUT2D eigenvalue weighted by Crippen LogP contribution is 2.25. The monoisotopic (exact) mass is 213 g/mol. The van der Waals surface area contributed by atoms with Crippen molar-refractivity contribution in [1.29, 1.82) is 0 Å². The Labute approximate surface area is 87.9 Å². The number of hydrogen-bond donors (Lipinski definition) is 1. The fourth-order valence-corrected chi connectivity index (χ4v) is 2.33. The number of hydrogen-bond acceptors (Lipinski definition) is 4. The number of esters is 1. The SMILES string of the molecule is COC(=O)CC(CN)c1cscc1C. The third-order valence-electron chi connectivity index (χ3n) is 2.26. The lowest BCUT2D eigenvalue weighted by Crippen LogP contribution is -2.17. The Morgan fingerprint density at radius 1 is 1.64 bits per heavy atom. The van der Waals surface area contributed by atoms with E-state index in [1.807, 2.05) is 6.92 Å². The van der Waals surface area contributed by atoms with Gasteiger partial charge in [-0.15, -0.1) is 0 Å². The van der Waals surface area contributed by atoms with Crippen molar-refractivity contribution in [3.63, 3.8) is 0 Å². The molecule has 0 spiro atoms. The first-order chi connectivity index (χ1) is 6.69. The normalized spacial score (nSPS) is 12.5. The van der Waals surface area contributed by atoms with Gasteiger partial charge in [-0.05, 0) is 35.4 Å². The lowest BCUT2D eigenvalue weighted by Gasteiger charge is -2.12. The minimum atomic E-state index is -0.203. The van der Waals surface area contributed by atoms with Crippen LogP contribution in [0.4, 0.5) is 0 Å². The smallest absolute Gasteiger partial charge is 0.306 e. The molecule has 0 radical (unpaired) electrons. The van der Waals surface area contributed by atoms with Crippen LogP contribution in [0.1, 0.15) is 23.5 Å². The lowest BCUT2D eigenvalue weighted by molar-refractivity contribution is -0.141. The highest BCUT2D eigenvalue weighted by molar-refractivity contribution is 7.08. The highest BCUT2D eigenvalue weighted by Gasteiger charge is 2.17. The van der Waals surface area contributed by atoms with E-state index < -0.39 is 0 Å². The second-order valence-electron chi connectivity index (χ2n) is 3.22. The largest absolute Gasteiger partial charge is 0.469 e. The van der Waals surface area contributed by atoms with Crippen LogP contribution in [0.25, 0.3) is 0 Å². The predicted molar refractivity (Wildman–Crippen MR) is 57.5 cm³/mol. The van der Waals surface area contributed by atoms with Gasteiger partial charge in [-0.25, -0.2) is 0 Å². The summed E-state index contributed by atoms with van der Waals surface area (Å²) in [7, 11) is 1.40. The van der Waals surface area contributed by atoms with Crippen LogP contribution in [0.2, 0.25) is 0 Å². The fraction of sp³-hybridized carbons (Fsp3) is 0.500. The summed E-state index contributed by atoms with van der Waals surface area (Å²) in [5.74, 6) is -0.111. The molecule has 0 fully saturated rings. The van der Waals surface area contributed by atoms with E-state index in [0.29, 0.717) is 13.0 Å². The van der Waals surface area contributed by atoms with E-state index in [4.69, 9.17) is 5.73 Å². The van der Waals surface area contributed by atoms with E-state index in [-0.39, 0.29) is 11.9 Å². The van der Waals surface area contributed by atoms with Crippen LogP contribution >= 0.6 is 11.3 Å². The summed E-state index contributed by atoms with van der Waals surface area (Å²) in [6.45, 7) is 2.51. The summed E-state index contributed by atoms with van der Waals surface area (Å²) < 4.78 is 4.63. The van der Waals surface area contributed by atoms with Crippen LogP contribution in [0.5, 0.6) is 0 Å². The van der Waals surface area contributed by atoms with Gasteiger partial charge in [-0.3, -0.25) is 4.79 Å². The molecule has 0 saturated heterocycles. The van der Waals surface area contributed by atoms with E-state index in [0.717, 1.165) is 0 Å². The van der Waals surface area contributed by atoms with Crippen molar-refractivity contribution in [2.45, 2.75) is 19.3 Å². The molecule has 14 heavy (non-hydrogen) atoms. The van der Waals surface area contributed by atoms with E-state index in [9.17, 15) is 4.79 Å². The Hall–Kier alpha value is -0.870. The Morgan fingerprint density at radius 3 is 2.79 bits per heavy atom. The summed E-state index contributed by atoms with van der Waals surface area (Å²) in [5, 5.41) is 4.12. The predicted octanol–water partition coefficient (Wildman–Crippen LogP) is 1.66. The van der Waals surface area contributed by atoms with Gasteiger partial charge in [0.05, 0.1) is 13.5 Å². The third kappa shape index (κ3) is 2.56.